The monoisotopic (exact) mass is 179 g/mol. The van der Waals surface area contributed by atoms with Gasteiger partial charge in [0.05, 0.1) is 0 Å². The number of halogens is 2. The van der Waals surface area contributed by atoms with Crippen LogP contribution in [0.5, 0.6) is 0 Å². The first kappa shape index (κ1) is 7.89. The van der Waals surface area contributed by atoms with Gasteiger partial charge in [-0.3, -0.25) is 4.79 Å². The average Bonchev–Trinajstić information content (AvgIpc) is 2.30. The zero-order valence-electron chi connectivity index (χ0n) is 5.23. The second-order valence-corrected chi connectivity index (χ2v) is 2.65. The van der Waals surface area contributed by atoms with Gasteiger partial charge in [-0.05, 0) is 0 Å². The lowest BCUT2D eigenvalue weighted by atomic mass is 10.1. The van der Waals surface area contributed by atoms with Crippen molar-refractivity contribution in [2.24, 2.45) is 5.92 Å². The molecule has 1 atom stereocenters. The molecule has 1 aliphatic rings. The van der Waals surface area contributed by atoms with Crippen LogP contribution in [0.3, 0.4) is 0 Å². The normalized spacial score (nSPS) is 29.2. The Morgan fingerprint density at radius 2 is 2.50 bits per heavy atom. The molecule has 56 valence electrons. The van der Waals surface area contributed by atoms with Crippen molar-refractivity contribution in [2.75, 3.05) is 12.4 Å². The molecule has 0 spiro atoms. The summed E-state index contributed by atoms with van der Waals surface area (Å²) < 4.78 is 0. The van der Waals surface area contributed by atoms with E-state index in [4.69, 9.17) is 23.2 Å². The SMILES string of the molecule is O=C1NCC(CCl)/C1=C/Cl. The number of hydrogen-bond donors (Lipinski definition) is 1. The van der Waals surface area contributed by atoms with Crippen LogP contribution in [0.2, 0.25) is 0 Å². The van der Waals surface area contributed by atoms with Gasteiger partial charge in [-0.15, -0.1) is 11.6 Å². The molecule has 4 heteroatoms. The Hall–Kier alpha value is -0.210. The van der Waals surface area contributed by atoms with Crippen LogP contribution in [0, 0.1) is 5.92 Å². The highest BCUT2D eigenvalue weighted by Gasteiger charge is 2.26. The Labute approximate surface area is 69.2 Å². The molecule has 1 rings (SSSR count). The molecule has 0 saturated carbocycles. The summed E-state index contributed by atoms with van der Waals surface area (Å²) in [5.74, 6) is 0.435. The molecule has 0 aliphatic carbocycles. The number of amides is 1. The summed E-state index contributed by atoms with van der Waals surface area (Å²) in [6, 6.07) is 0. The largest absolute Gasteiger partial charge is 0.352 e. The van der Waals surface area contributed by atoms with Gasteiger partial charge in [0.15, 0.2) is 0 Å². The molecule has 1 N–H and O–H groups in total. The minimum Gasteiger partial charge on any atom is -0.352 e. The molecule has 10 heavy (non-hydrogen) atoms. The van der Waals surface area contributed by atoms with Crippen molar-refractivity contribution >= 4 is 29.1 Å². The van der Waals surface area contributed by atoms with E-state index in [1.54, 1.807) is 0 Å². The molecule has 1 fully saturated rings. The van der Waals surface area contributed by atoms with E-state index < -0.39 is 0 Å². The first-order valence-corrected chi connectivity index (χ1v) is 3.91. The number of carbonyl (C=O) groups excluding carboxylic acids is 1. The van der Waals surface area contributed by atoms with Crippen molar-refractivity contribution < 1.29 is 4.79 Å². The highest BCUT2D eigenvalue weighted by atomic mass is 35.5. The molecule has 0 aromatic heterocycles. The predicted octanol–water partition coefficient (Wildman–Crippen LogP) is 1.09. The molecule has 0 aromatic rings. The van der Waals surface area contributed by atoms with Crippen LogP contribution >= 0.6 is 23.2 Å². The fraction of sp³-hybridized carbons (Fsp3) is 0.500. The van der Waals surface area contributed by atoms with Crippen LogP contribution in [0.4, 0.5) is 0 Å². The van der Waals surface area contributed by atoms with Gasteiger partial charge in [-0.2, -0.15) is 0 Å². The first-order valence-electron chi connectivity index (χ1n) is 2.94. The zero-order chi connectivity index (χ0) is 7.56. The van der Waals surface area contributed by atoms with Crippen LogP contribution in [0.25, 0.3) is 0 Å². The van der Waals surface area contributed by atoms with Crippen LogP contribution in [-0.2, 0) is 4.79 Å². The number of hydrogen-bond acceptors (Lipinski definition) is 1. The van der Waals surface area contributed by atoms with Gasteiger partial charge in [0.25, 0.3) is 0 Å². The second kappa shape index (κ2) is 3.26. The van der Waals surface area contributed by atoms with Gasteiger partial charge in [0, 0.05) is 29.5 Å². The summed E-state index contributed by atoms with van der Waals surface area (Å²) in [7, 11) is 0. The average molecular weight is 180 g/mol. The van der Waals surface area contributed by atoms with E-state index in [9.17, 15) is 4.79 Å². The zero-order valence-corrected chi connectivity index (χ0v) is 6.74. The Morgan fingerprint density at radius 1 is 1.80 bits per heavy atom. The first-order chi connectivity index (χ1) is 4.79. The molecular formula is C6H7Cl2NO. The summed E-state index contributed by atoms with van der Waals surface area (Å²) in [5, 5.41) is 2.65. The maximum atomic E-state index is 10.9. The molecule has 2 nitrogen and oxygen atoms in total. The Bertz CT molecular complexity index is 179. The number of rotatable bonds is 1. The number of nitrogens with one attached hydrogen (secondary N) is 1. The van der Waals surface area contributed by atoms with Gasteiger partial charge in [-0.25, -0.2) is 0 Å². The van der Waals surface area contributed by atoms with E-state index in [1.165, 1.54) is 5.54 Å². The van der Waals surface area contributed by atoms with E-state index >= 15 is 0 Å². The molecule has 1 aliphatic heterocycles. The third kappa shape index (κ3) is 1.27. The van der Waals surface area contributed by atoms with Crippen LogP contribution in [0.1, 0.15) is 0 Å². The predicted molar refractivity (Wildman–Crippen MR) is 41.2 cm³/mol. The third-order valence-corrected chi connectivity index (χ3v) is 2.12. The molecular weight excluding hydrogens is 173 g/mol. The summed E-state index contributed by atoms with van der Waals surface area (Å²) in [6.07, 6.45) is 0. The summed E-state index contributed by atoms with van der Waals surface area (Å²) in [4.78, 5) is 10.9. The van der Waals surface area contributed by atoms with Crippen LogP contribution in [0.15, 0.2) is 11.1 Å². The van der Waals surface area contributed by atoms with Crippen molar-refractivity contribution in [3.8, 4) is 0 Å². The minimum absolute atomic E-state index is 0.0895. The topological polar surface area (TPSA) is 29.1 Å². The standard InChI is InChI=1S/C6H7Cl2NO/c7-1-4-3-9-6(10)5(4)2-8/h2,4H,1,3H2,(H,9,10)/b5-2-. The highest BCUT2D eigenvalue weighted by Crippen LogP contribution is 2.18. The second-order valence-electron chi connectivity index (χ2n) is 2.13. The summed E-state index contributed by atoms with van der Waals surface area (Å²) in [6.45, 7) is 0.612. The Kier molecular flexibility index (Phi) is 2.57. The maximum absolute atomic E-state index is 10.9. The van der Waals surface area contributed by atoms with Gasteiger partial charge in [0.2, 0.25) is 5.91 Å². The van der Waals surface area contributed by atoms with Crippen molar-refractivity contribution in [2.45, 2.75) is 0 Å². The van der Waals surface area contributed by atoms with Crippen LogP contribution < -0.4 is 5.32 Å². The van der Waals surface area contributed by atoms with E-state index in [0.717, 1.165) is 0 Å². The Balaban J connectivity index is 2.73. The van der Waals surface area contributed by atoms with Crippen molar-refractivity contribution in [1.29, 1.82) is 0 Å². The van der Waals surface area contributed by atoms with Gasteiger partial charge < -0.3 is 5.32 Å². The smallest absolute Gasteiger partial charge is 0.248 e. The van der Waals surface area contributed by atoms with Crippen molar-refractivity contribution in [3.05, 3.63) is 11.1 Å². The fourth-order valence-corrected chi connectivity index (χ4v) is 1.44. The lowest BCUT2D eigenvalue weighted by molar-refractivity contribution is -0.116. The van der Waals surface area contributed by atoms with Gasteiger partial charge in [0.1, 0.15) is 0 Å². The molecule has 0 bridgehead atoms. The molecule has 0 aromatic carbocycles. The lowest BCUT2D eigenvalue weighted by Gasteiger charge is -2.00. The quantitative estimate of drug-likeness (QED) is 0.475. The third-order valence-electron chi connectivity index (χ3n) is 1.51. The van der Waals surface area contributed by atoms with E-state index in [1.807, 2.05) is 0 Å². The molecule has 0 radical (unpaired) electrons. The molecule has 1 unspecified atom stereocenters. The number of carbonyl (C=O) groups is 1. The van der Waals surface area contributed by atoms with E-state index in [0.29, 0.717) is 18.0 Å². The maximum Gasteiger partial charge on any atom is 0.248 e. The Morgan fingerprint density at radius 3 is 2.90 bits per heavy atom. The van der Waals surface area contributed by atoms with Crippen LogP contribution in [-0.4, -0.2) is 18.3 Å². The fourth-order valence-electron chi connectivity index (χ4n) is 0.890. The highest BCUT2D eigenvalue weighted by molar-refractivity contribution is 6.28. The van der Waals surface area contributed by atoms with E-state index in [-0.39, 0.29) is 11.8 Å². The van der Waals surface area contributed by atoms with Crippen molar-refractivity contribution in [3.63, 3.8) is 0 Å². The molecule has 1 heterocycles. The molecule has 1 saturated heterocycles. The van der Waals surface area contributed by atoms with E-state index in [2.05, 4.69) is 5.32 Å². The van der Waals surface area contributed by atoms with Gasteiger partial charge in [-0.1, -0.05) is 11.6 Å². The summed E-state index contributed by atoms with van der Waals surface area (Å²) >= 11 is 10.9. The summed E-state index contributed by atoms with van der Waals surface area (Å²) in [5.41, 5.74) is 1.90. The molecule has 1 amide bonds. The number of alkyl halides is 1. The van der Waals surface area contributed by atoms with Gasteiger partial charge >= 0.3 is 0 Å². The lowest BCUT2D eigenvalue weighted by Crippen LogP contribution is -2.14. The van der Waals surface area contributed by atoms with Crippen molar-refractivity contribution in [1.82, 2.24) is 5.32 Å². The minimum atomic E-state index is -0.0966.